The molecule has 1 saturated carbocycles. The monoisotopic (exact) mass is 314 g/mol. The molecule has 2 fully saturated rings. The van der Waals surface area contributed by atoms with Gasteiger partial charge in [0.2, 0.25) is 5.91 Å². The van der Waals surface area contributed by atoms with Crippen LogP contribution in [0.2, 0.25) is 0 Å². The van der Waals surface area contributed by atoms with Crippen molar-refractivity contribution in [2.24, 2.45) is 13.0 Å². The summed E-state index contributed by atoms with van der Waals surface area (Å²) in [6, 6.07) is 4.15. The van der Waals surface area contributed by atoms with E-state index >= 15 is 0 Å². The first-order valence-electron chi connectivity index (χ1n) is 8.20. The third-order valence-corrected chi connectivity index (χ3v) is 4.84. The highest BCUT2D eigenvalue weighted by atomic mass is 16.3. The van der Waals surface area contributed by atoms with E-state index in [-0.39, 0.29) is 5.91 Å². The molecule has 0 aromatic carbocycles. The third-order valence-electron chi connectivity index (χ3n) is 4.84. The molecule has 0 N–H and O–H groups in total. The molecule has 0 spiro atoms. The molecule has 2 aromatic heterocycles. The summed E-state index contributed by atoms with van der Waals surface area (Å²) in [5.74, 6) is 3.54. The van der Waals surface area contributed by atoms with E-state index in [2.05, 4.69) is 29.1 Å². The minimum absolute atomic E-state index is 0.117. The lowest BCUT2D eigenvalue weighted by molar-refractivity contribution is -0.121. The van der Waals surface area contributed by atoms with Crippen molar-refractivity contribution < 1.29 is 9.21 Å². The number of furan rings is 1. The van der Waals surface area contributed by atoms with E-state index in [1.165, 1.54) is 6.42 Å². The highest BCUT2D eigenvalue weighted by molar-refractivity contribution is 5.95. The van der Waals surface area contributed by atoms with Gasteiger partial charge in [-0.3, -0.25) is 14.4 Å². The first-order chi connectivity index (χ1) is 11.1. The molecule has 4 rings (SSSR count). The van der Waals surface area contributed by atoms with Crippen LogP contribution in [0.25, 0.3) is 0 Å². The van der Waals surface area contributed by atoms with Crippen molar-refractivity contribution in [3.05, 3.63) is 36.0 Å². The number of piperazine rings is 1. The van der Waals surface area contributed by atoms with Gasteiger partial charge >= 0.3 is 0 Å². The molecule has 23 heavy (non-hydrogen) atoms. The van der Waals surface area contributed by atoms with Gasteiger partial charge in [0.15, 0.2) is 0 Å². The smallest absolute Gasteiger partial charge is 0.241 e. The summed E-state index contributed by atoms with van der Waals surface area (Å²) in [7, 11) is 1.86. The zero-order valence-corrected chi connectivity index (χ0v) is 13.6. The van der Waals surface area contributed by atoms with Gasteiger partial charge in [-0.05, 0) is 24.5 Å². The molecule has 122 valence electrons. The zero-order chi connectivity index (χ0) is 16.0. The van der Waals surface area contributed by atoms with E-state index in [1.807, 2.05) is 18.1 Å². The fourth-order valence-electron chi connectivity index (χ4n) is 3.30. The van der Waals surface area contributed by atoms with Crippen molar-refractivity contribution in [2.45, 2.75) is 25.8 Å². The second-order valence-electron chi connectivity index (χ2n) is 6.75. The first kappa shape index (κ1) is 14.5. The van der Waals surface area contributed by atoms with Gasteiger partial charge in [-0.2, -0.15) is 5.10 Å². The van der Waals surface area contributed by atoms with Crippen molar-refractivity contribution in [3.8, 4) is 0 Å². The van der Waals surface area contributed by atoms with Crippen LogP contribution in [0.3, 0.4) is 0 Å². The van der Waals surface area contributed by atoms with E-state index in [4.69, 9.17) is 4.42 Å². The maximum Gasteiger partial charge on any atom is 0.241 e. The average Bonchev–Trinajstić information content (AvgIpc) is 2.90. The van der Waals surface area contributed by atoms with Gasteiger partial charge in [0.1, 0.15) is 11.5 Å². The van der Waals surface area contributed by atoms with Crippen LogP contribution in [-0.2, 0) is 18.4 Å². The van der Waals surface area contributed by atoms with Crippen molar-refractivity contribution in [3.63, 3.8) is 0 Å². The Morgan fingerprint density at radius 2 is 2.17 bits per heavy atom. The van der Waals surface area contributed by atoms with Crippen LogP contribution in [0.15, 0.2) is 28.9 Å². The van der Waals surface area contributed by atoms with Crippen LogP contribution in [0.5, 0.6) is 0 Å². The topological polar surface area (TPSA) is 54.5 Å². The predicted octanol–water partition coefficient (Wildman–Crippen LogP) is 1.99. The summed E-state index contributed by atoms with van der Waals surface area (Å²) in [4.78, 5) is 16.3. The largest absolute Gasteiger partial charge is 0.464 e. The van der Waals surface area contributed by atoms with Gasteiger partial charge in [-0.1, -0.05) is 6.92 Å². The van der Waals surface area contributed by atoms with E-state index in [1.54, 1.807) is 10.9 Å². The number of anilines is 1. The molecular weight excluding hydrogens is 292 g/mol. The lowest BCUT2D eigenvalue weighted by Crippen LogP contribution is -2.50. The highest BCUT2D eigenvalue weighted by Crippen LogP contribution is 2.47. The number of hydrogen-bond acceptors (Lipinski definition) is 4. The molecule has 6 nitrogen and oxygen atoms in total. The molecule has 1 saturated heterocycles. The van der Waals surface area contributed by atoms with E-state index < -0.39 is 0 Å². The number of aromatic nitrogens is 2. The molecule has 2 aromatic rings. The summed E-state index contributed by atoms with van der Waals surface area (Å²) < 4.78 is 7.67. The molecule has 2 atom stereocenters. The second kappa shape index (κ2) is 5.53. The van der Waals surface area contributed by atoms with Crippen LogP contribution in [-0.4, -0.2) is 40.2 Å². The Balaban J connectivity index is 1.37. The average molecular weight is 314 g/mol. The molecule has 0 bridgehead atoms. The number of carbonyl (C=O) groups is 1. The standard InChI is InChI=1S/C17H22N4O2/c1-12-7-15(12)16-4-3-14(23-16)10-20-5-6-21(17(22)11-20)13-8-18-19(2)9-13/h3-4,8-9,12,15H,5-7,10-11H2,1-2H3/t12-,15+/m0/s1. The van der Waals surface area contributed by atoms with Gasteiger partial charge in [-0.25, -0.2) is 0 Å². The number of carbonyl (C=O) groups excluding carboxylic acids is 1. The zero-order valence-electron chi connectivity index (χ0n) is 13.6. The fraction of sp³-hybridized carbons (Fsp3) is 0.529. The van der Waals surface area contributed by atoms with E-state index in [9.17, 15) is 4.79 Å². The maximum absolute atomic E-state index is 12.4. The second-order valence-corrected chi connectivity index (χ2v) is 6.75. The van der Waals surface area contributed by atoms with Crippen molar-refractivity contribution in [1.29, 1.82) is 0 Å². The van der Waals surface area contributed by atoms with Crippen LogP contribution < -0.4 is 4.90 Å². The van der Waals surface area contributed by atoms with Crippen LogP contribution >= 0.6 is 0 Å². The summed E-state index contributed by atoms with van der Waals surface area (Å²) in [5, 5.41) is 4.14. The lowest BCUT2D eigenvalue weighted by Gasteiger charge is -2.33. The van der Waals surface area contributed by atoms with Gasteiger partial charge in [0.05, 0.1) is 25.0 Å². The first-order valence-corrected chi connectivity index (χ1v) is 8.20. The van der Waals surface area contributed by atoms with Crippen molar-refractivity contribution >= 4 is 11.6 Å². The molecule has 1 aliphatic heterocycles. The van der Waals surface area contributed by atoms with Gasteiger partial charge in [0.25, 0.3) is 0 Å². The highest BCUT2D eigenvalue weighted by Gasteiger charge is 2.36. The summed E-state index contributed by atoms with van der Waals surface area (Å²) in [6.45, 7) is 4.91. The Hall–Kier alpha value is -2.08. The number of nitrogens with zero attached hydrogens (tertiary/aromatic N) is 4. The summed E-state index contributed by atoms with van der Waals surface area (Å²) in [5.41, 5.74) is 0.875. The van der Waals surface area contributed by atoms with E-state index in [0.717, 1.165) is 29.7 Å². The molecule has 0 radical (unpaired) electrons. The molecule has 1 aliphatic carbocycles. The van der Waals surface area contributed by atoms with Crippen LogP contribution in [0, 0.1) is 5.92 Å². The third kappa shape index (κ3) is 2.91. The van der Waals surface area contributed by atoms with Crippen LogP contribution in [0.1, 0.15) is 30.8 Å². The van der Waals surface area contributed by atoms with E-state index in [0.29, 0.717) is 25.6 Å². The van der Waals surface area contributed by atoms with Gasteiger partial charge < -0.3 is 9.32 Å². The Morgan fingerprint density at radius 3 is 2.83 bits per heavy atom. The quantitative estimate of drug-likeness (QED) is 0.866. The normalized spacial score (nSPS) is 25.1. The molecule has 3 heterocycles. The predicted molar refractivity (Wildman–Crippen MR) is 86.1 cm³/mol. The Morgan fingerprint density at radius 1 is 1.35 bits per heavy atom. The SMILES string of the molecule is C[C@H]1C[C@H]1c1ccc(CN2CCN(c3cnn(C)c3)C(=O)C2)o1. The van der Waals surface area contributed by atoms with Gasteiger partial charge in [-0.15, -0.1) is 0 Å². The molecule has 6 heteroatoms. The summed E-state index contributed by atoms with van der Waals surface area (Å²) in [6.07, 6.45) is 4.85. The number of amides is 1. The van der Waals surface area contributed by atoms with Gasteiger partial charge in [0, 0.05) is 32.3 Å². The molecule has 2 aliphatic rings. The minimum Gasteiger partial charge on any atom is -0.464 e. The fourth-order valence-corrected chi connectivity index (χ4v) is 3.30. The molecule has 1 amide bonds. The van der Waals surface area contributed by atoms with Crippen molar-refractivity contribution in [2.75, 3.05) is 24.5 Å². The minimum atomic E-state index is 0.117. The lowest BCUT2D eigenvalue weighted by atomic mass is 10.2. The van der Waals surface area contributed by atoms with Crippen molar-refractivity contribution in [1.82, 2.24) is 14.7 Å². The maximum atomic E-state index is 12.4. The number of aryl methyl sites for hydroxylation is 1. The summed E-state index contributed by atoms with van der Waals surface area (Å²) >= 11 is 0. The Labute approximate surface area is 135 Å². The Bertz CT molecular complexity index is 720. The molecule has 0 unspecified atom stereocenters. The van der Waals surface area contributed by atoms with Crippen LogP contribution in [0.4, 0.5) is 5.69 Å². The molecular formula is C17H22N4O2. The number of rotatable bonds is 4. The Kier molecular flexibility index (Phi) is 3.49. The number of hydrogen-bond donors (Lipinski definition) is 0.